The summed E-state index contributed by atoms with van der Waals surface area (Å²) >= 11 is 1.50. The van der Waals surface area contributed by atoms with Crippen molar-refractivity contribution in [2.75, 3.05) is 7.11 Å². The Labute approximate surface area is 137 Å². The monoisotopic (exact) mass is 329 g/mol. The van der Waals surface area contributed by atoms with Crippen LogP contribution in [0.5, 0.6) is 5.75 Å². The zero-order valence-corrected chi connectivity index (χ0v) is 13.8. The molecule has 0 amide bonds. The summed E-state index contributed by atoms with van der Waals surface area (Å²) in [5.41, 5.74) is -0.683. The molecule has 118 valence electrons. The topological polar surface area (TPSA) is 77.1 Å². The van der Waals surface area contributed by atoms with Gasteiger partial charge >= 0.3 is 0 Å². The van der Waals surface area contributed by atoms with Crippen LogP contribution in [0, 0.1) is 10.1 Å². The van der Waals surface area contributed by atoms with Crippen LogP contribution in [0.25, 0.3) is 0 Å². The molecule has 23 heavy (non-hydrogen) atoms. The quantitative estimate of drug-likeness (QED) is 0.638. The predicted molar refractivity (Wildman–Crippen MR) is 86.6 cm³/mol. The van der Waals surface area contributed by atoms with Crippen molar-refractivity contribution in [1.29, 1.82) is 0 Å². The Bertz CT molecular complexity index is 892. The van der Waals surface area contributed by atoms with E-state index in [4.69, 9.17) is 4.74 Å². The summed E-state index contributed by atoms with van der Waals surface area (Å²) < 4.78 is 5.15. The molecule has 0 fully saturated rings. The van der Waals surface area contributed by atoms with Crippen LogP contribution in [0.15, 0.2) is 56.2 Å². The Morgan fingerprint density at radius 3 is 2.35 bits per heavy atom. The van der Waals surface area contributed by atoms with Crippen LogP contribution in [-0.4, -0.2) is 17.7 Å². The summed E-state index contributed by atoms with van der Waals surface area (Å²) in [4.78, 5) is 21.6. The summed E-state index contributed by atoms with van der Waals surface area (Å²) in [5.74, 6) is 0.782. The van der Waals surface area contributed by atoms with Crippen molar-refractivity contribution in [2.24, 2.45) is 9.98 Å². The van der Waals surface area contributed by atoms with Gasteiger partial charge in [0.15, 0.2) is 5.36 Å². The van der Waals surface area contributed by atoms with Crippen LogP contribution in [-0.2, 0) is 0 Å². The third-order valence-corrected chi connectivity index (χ3v) is 4.40. The van der Waals surface area contributed by atoms with Crippen LogP contribution in [0.4, 0.5) is 5.69 Å². The number of non-ortho nitro benzene ring substituents is 1. The van der Waals surface area contributed by atoms with Crippen molar-refractivity contribution < 1.29 is 9.66 Å². The molecule has 0 aliphatic carbocycles. The lowest BCUT2D eigenvalue weighted by atomic mass is 10.3. The Balaban J connectivity index is 2.07. The second-order valence-electron chi connectivity index (χ2n) is 5.53. The largest absolute Gasteiger partial charge is 0.497 e. The van der Waals surface area contributed by atoms with E-state index in [0.717, 1.165) is 15.5 Å². The minimum Gasteiger partial charge on any atom is -0.497 e. The highest BCUT2D eigenvalue weighted by atomic mass is 32.2. The number of methoxy groups -OCH3 is 1. The summed E-state index contributed by atoms with van der Waals surface area (Å²) in [6, 6.07) is 10.8. The maximum Gasteiger partial charge on any atom is 0.296 e. The molecule has 1 aliphatic rings. The van der Waals surface area contributed by atoms with Gasteiger partial charge in [0, 0.05) is 15.9 Å². The van der Waals surface area contributed by atoms with Crippen molar-refractivity contribution in [1.82, 2.24) is 0 Å². The molecule has 1 heterocycles. The lowest BCUT2D eigenvalue weighted by molar-refractivity contribution is -0.386. The molecule has 0 bridgehead atoms. The Morgan fingerprint density at radius 1 is 1.09 bits per heavy atom. The third kappa shape index (κ3) is 3.05. The highest BCUT2D eigenvalue weighted by Crippen LogP contribution is 2.28. The van der Waals surface area contributed by atoms with E-state index in [2.05, 4.69) is 9.98 Å². The highest BCUT2D eigenvalue weighted by Gasteiger charge is 2.25. The molecule has 2 aromatic rings. The zero-order valence-electron chi connectivity index (χ0n) is 12.9. The molecule has 6 nitrogen and oxygen atoms in total. The van der Waals surface area contributed by atoms with Gasteiger partial charge in [-0.3, -0.25) is 15.1 Å². The second kappa shape index (κ2) is 5.66. The Kier molecular flexibility index (Phi) is 3.81. The summed E-state index contributed by atoms with van der Waals surface area (Å²) in [5, 5.41) is 12.1. The molecular formula is C16H15N3O3S. The fraction of sp³-hybridized carbons (Fsp3) is 0.250. The van der Waals surface area contributed by atoms with E-state index in [1.807, 2.05) is 38.1 Å². The van der Waals surface area contributed by atoms with E-state index in [9.17, 15) is 10.1 Å². The van der Waals surface area contributed by atoms with Crippen molar-refractivity contribution in [3.8, 4) is 5.75 Å². The smallest absolute Gasteiger partial charge is 0.296 e. The molecule has 0 atom stereocenters. The molecule has 0 radical (unpaired) electrons. The number of rotatable bonds is 4. The number of hydrogen-bond acceptors (Lipinski definition) is 6. The number of nitro groups is 1. The summed E-state index contributed by atoms with van der Waals surface area (Å²) in [7, 11) is 1.62. The molecule has 3 rings (SSSR count). The number of nitrogens with zero attached hydrogens (tertiary/aromatic N) is 3. The van der Waals surface area contributed by atoms with Crippen LogP contribution in [0.2, 0.25) is 0 Å². The maximum absolute atomic E-state index is 11.2. The van der Waals surface area contributed by atoms with Gasteiger partial charge in [0.05, 0.1) is 12.0 Å². The first-order valence-electron chi connectivity index (χ1n) is 6.99. The average molecular weight is 329 g/mol. The van der Waals surface area contributed by atoms with Crippen molar-refractivity contribution in [3.63, 3.8) is 0 Å². The van der Waals surface area contributed by atoms with Gasteiger partial charge in [0.1, 0.15) is 16.8 Å². The summed E-state index contributed by atoms with van der Waals surface area (Å²) in [6.07, 6.45) is 0. The van der Waals surface area contributed by atoms with Crippen LogP contribution in [0.1, 0.15) is 13.8 Å². The molecule has 0 N–H and O–H groups in total. The first kappa shape index (κ1) is 15.5. The van der Waals surface area contributed by atoms with E-state index >= 15 is 0 Å². The van der Waals surface area contributed by atoms with E-state index in [1.165, 1.54) is 17.8 Å². The number of benzene rings is 2. The zero-order chi connectivity index (χ0) is 16.6. The third-order valence-electron chi connectivity index (χ3n) is 3.35. The van der Waals surface area contributed by atoms with Crippen LogP contribution in [0.3, 0.4) is 0 Å². The van der Waals surface area contributed by atoms with Gasteiger partial charge in [0.2, 0.25) is 0 Å². The SMILES string of the molecule is COc1ccc(Sc2ccc([N+](=O)[O-])c3c2=NC(C)(C)N=3)cc1. The first-order valence-corrected chi connectivity index (χ1v) is 7.80. The molecular weight excluding hydrogens is 314 g/mol. The molecule has 2 aromatic carbocycles. The average Bonchev–Trinajstić information content (AvgIpc) is 2.83. The van der Waals surface area contributed by atoms with Gasteiger partial charge < -0.3 is 4.74 Å². The number of fused-ring (bicyclic) bond motifs is 1. The van der Waals surface area contributed by atoms with E-state index in [1.54, 1.807) is 13.2 Å². The van der Waals surface area contributed by atoms with Crippen molar-refractivity contribution >= 4 is 17.4 Å². The van der Waals surface area contributed by atoms with Crippen LogP contribution < -0.4 is 15.5 Å². The van der Waals surface area contributed by atoms with Gasteiger partial charge in [-0.2, -0.15) is 0 Å². The Morgan fingerprint density at radius 2 is 1.74 bits per heavy atom. The normalized spacial score (nSPS) is 14.6. The molecule has 1 aliphatic heterocycles. The molecule has 0 saturated carbocycles. The standard InChI is InChI=1S/C16H15N3O3S/c1-16(2)17-14-12(19(20)21)8-9-13(15(14)18-16)23-11-6-4-10(22-3)5-7-11/h4-9H,1-3H3. The fourth-order valence-electron chi connectivity index (χ4n) is 2.34. The van der Waals surface area contributed by atoms with Crippen molar-refractivity contribution in [3.05, 3.63) is 57.2 Å². The van der Waals surface area contributed by atoms with Gasteiger partial charge in [-0.25, -0.2) is 4.99 Å². The number of hydrogen-bond donors (Lipinski definition) is 0. The van der Waals surface area contributed by atoms with Gasteiger partial charge in [-0.1, -0.05) is 11.8 Å². The fourth-order valence-corrected chi connectivity index (χ4v) is 3.24. The summed E-state index contributed by atoms with van der Waals surface area (Å²) in [6.45, 7) is 3.66. The molecule has 0 saturated heterocycles. The first-order chi connectivity index (χ1) is 10.9. The van der Waals surface area contributed by atoms with Gasteiger partial charge in [-0.05, 0) is 44.2 Å². The van der Waals surface area contributed by atoms with Crippen molar-refractivity contribution in [2.45, 2.75) is 29.3 Å². The van der Waals surface area contributed by atoms with E-state index in [0.29, 0.717) is 10.7 Å². The van der Waals surface area contributed by atoms with E-state index in [-0.39, 0.29) is 5.69 Å². The predicted octanol–water partition coefficient (Wildman–Crippen LogP) is 2.74. The van der Waals surface area contributed by atoms with Crippen LogP contribution >= 0.6 is 11.8 Å². The minimum absolute atomic E-state index is 0.00611. The van der Waals surface area contributed by atoms with E-state index < -0.39 is 10.6 Å². The maximum atomic E-state index is 11.2. The molecule has 0 spiro atoms. The molecule has 0 aromatic heterocycles. The lowest BCUT2D eigenvalue weighted by Gasteiger charge is -2.07. The number of ether oxygens (including phenoxy) is 1. The van der Waals surface area contributed by atoms with Gasteiger partial charge in [0.25, 0.3) is 5.69 Å². The molecule has 7 heteroatoms. The lowest BCUT2D eigenvalue weighted by Crippen LogP contribution is -2.26. The minimum atomic E-state index is -0.677. The number of nitro benzene ring substituents is 1. The second-order valence-corrected chi connectivity index (χ2v) is 6.65. The molecule has 0 unspecified atom stereocenters. The highest BCUT2D eigenvalue weighted by molar-refractivity contribution is 7.99. The Hall–Kier alpha value is -2.41. The van der Waals surface area contributed by atoms with Gasteiger partial charge in [-0.15, -0.1) is 0 Å².